The molecule has 0 radical (unpaired) electrons. The number of benzene rings is 1. The van der Waals surface area contributed by atoms with Crippen molar-refractivity contribution in [3.05, 3.63) is 42.0 Å². The Morgan fingerprint density at radius 2 is 1.95 bits per heavy atom. The molecule has 1 aromatic carbocycles. The molecule has 4 nitrogen and oxygen atoms in total. The van der Waals surface area contributed by atoms with E-state index in [1.807, 2.05) is 36.4 Å². The number of aliphatic hydroxyl groups excluding tert-OH is 1. The minimum atomic E-state index is 0.273. The topological polar surface area (TPSA) is 63.0 Å². The zero-order valence-corrected chi connectivity index (χ0v) is 12.6. The molecule has 0 saturated carbocycles. The SMILES string of the molecule is N#Cc1cc(-c2ccccc2)[nH]c1N1CCC(CCO)CC1. The summed E-state index contributed by atoms with van der Waals surface area (Å²) in [6, 6.07) is 14.3. The van der Waals surface area contributed by atoms with Gasteiger partial charge in [0.2, 0.25) is 0 Å². The van der Waals surface area contributed by atoms with Gasteiger partial charge in [0.15, 0.2) is 0 Å². The molecular formula is C18H21N3O. The van der Waals surface area contributed by atoms with Crippen LogP contribution in [-0.4, -0.2) is 29.8 Å². The summed E-state index contributed by atoms with van der Waals surface area (Å²) in [4.78, 5) is 5.68. The molecular weight excluding hydrogens is 274 g/mol. The standard InChI is InChI=1S/C18H21N3O/c19-13-16-12-17(15-4-2-1-3-5-15)20-18(16)21-9-6-14(7-10-21)8-11-22/h1-5,12,14,20,22H,6-11H2. The summed E-state index contributed by atoms with van der Waals surface area (Å²) in [5.74, 6) is 1.54. The van der Waals surface area contributed by atoms with E-state index in [4.69, 9.17) is 5.11 Å². The predicted molar refractivity (Wildman–Crippen MR) is 87.6 cm³/mol. The maximum absolute atomic E-state index is 9.42. The van der Waals surface area contributed by atoms with E-state index in [1.165, 1.54) is 0 Å². The van der Waals surface area contributed by atoms with Crippen molar-refractivity contribution in [2.75, 3.05) is 24.6 Å². The number of aromatic amines is 1. The first-order chi connectivity index (χ1) is 10.8. The highest BCUT2D eigenvalue weighted by atomic mass is 16.3. The van der Waals surface area contributed by atoms with Gasteiger partial charge in [-0.05, 0) is 36.8 Å². The zero-order chi connectivity index (χ0) is 15.4. The number of aromatic nitrogens is 1. The average Bonchev–Trinajstić information content (AvgIpc) is 3.01. The summed E-state index contributed by atoms with van der Waals surface area (Å²) >= 11 is 0. The third-order valence-corrected chi connectivity index (χ3v) is 4.47. The number of nitrogens with one attached hydrogen (secondary N) is 1. The largest absolute Gasteiger partial charge is 0.396 e. The summed E-state index contributed by atoms with van der Waals surface area (Å²) in [6.45, 7) is 2.15. The summed E-state index contributed by atoms with van der Waals surface area (Å²) in [6.07, 6.45) is 3.04. The van der Waals surface area contributed by atoms with Crippen LogP contribution in [0.2, 0.25) is 0 Å². The molecule has 0 aliphatic carbocycles. The smallest absolute Gasteiger partial charge is 0.124 e. The lowest BCUT2D eigenvalue weighted by molar-refractivity contribution is 0.240. The Bertz CT molecular complexity index is 649. The Hall–Kier alpha value is -2.25. The van der Waals surface area contributed by atoms with Crippen molar-refractivity contribution in [2.45, 2.75) is 19.3 Å². The molecule has 22 heavy (non-hydrogen) atoms. The second-order valence-corrected chi connectivity index (χ2v) is 5.87. The first kappa shape index (κ1) is 14.7. The summed E-state index contributed by atoms with van der Waals surface area (Å²) < 4.78 is 0. The van der Waals surface area contributed by atoms with Crippen LogP contribution in [0.4, 0.5) is 5.82 Å². The second-order valence-electron chi connectivity index (χ2n) is 5.87. The van der Waals surface area contributed by atoms with E-state index < -0.39 is 0 Å². The molecule has 2 N–H and O–H groups in total. The molecule has 0 bridgehead atoms. The van der Waals surface area contributed by atoms with E-state index in [0.29, 0.717) is 11.5 Å². The lowest BCUT2D eigenvalue weighted by atomic mass is 9.94. The third-order valence-electron chi connectivity index (χ3n) is 4.47. The van der Waals surface area contributed by atoms with E-state index in [0.717, 1.165) is 49.4 Å². The van der Waals surface area contributed by atoms with E-state index in [9.17, 15) is 5.26 Å². The molecule has 1 aromatic heterocycles. The lowest BCUT2D eigenvalue weighted by Gasteiger charge is -2.32. The highest BCUT2D eigenvalue weighted by Gasteiger charge is 2.22. The van der Waals surface area contributed by atoms with Gasteiger partial charge in [-0.3, -0.25) is 0 Å². The number of piperidine rings is 1. The van der Waals surface area contributed by atoms with Gasteiger partial charge in [0.25, 0.3) is 0 Å². The third kappa shape index (κ3) is 3.00. The Morgan fingerprint density at radius 1 is 1.23 bits per heavy atom. The Balaban J connectivity index is 1.80. The number of rotatable bonds is 4. The van der Waals surface area contributed by atoms with E-state index in [2.05, 4.69) is 16.0 Å². The van der Waals surface area contributed by atoms with Gasteiger partial charge >= 0.3 is 0 Å². The first-order valence-electron chi connectivity index (χ1n) is 7.86. The Labute approximate surface area is 131 Å². The fourth-order valence-corrected chi connectivity index (χ4v) is 3.18. The van der Waals surface area contributed by atoms with Crippen LogP contribution in [0, 0.1) is 17.2 Å². The number of nitriles is 1. The Morgan fingerprint density at radius 3 is 2.59 bits per heavy atom. The summed E-state index contributed by atoms with van der Waals surface area (Å²) in [5, 5.41) is 18.5. The van der Waals surface area contributed by atoms with Crippen molar-refractivity contribution >= 4 is 5.82 Å². The monoisotopic (exact) mass is 295 g/mol. The molecule has 2 aromatic rings. The number of hydrogen-bond donors (Lipinski definition) is 2. The number of aliphatic hydroxyl groups is 1. The van der Waals surface area contributed by atoms with Gasteiger partial charge in [-0.2, -0.15) is 5.26 Å². The van der Waals surface area contributed by atoms with Crippen molar-refractivity contribution in [2.24, 2.45) is 5.92 Å². The maximum atomic E-state index is 9.42. The van der Waals surface area contributed by atoms with Crippen LogP contribution in [0.15, 0.2) is 36.4 Å². The number of H-pyrrole nitrogens is 1. The van der Waals surface area contributed by atoms with E-state index >= 15 is 0 Å². The van der Waals surface area contributed by atoms with Crippen molar-refractivity contribution in [1.29, 1.82) is 5.26 Å². The van der Waals surface area contributed by atoms with Crippen LogP contribution < -0.4 is 4.90 Å². The van der Waals surface area contributed by atoms with Crippen LogP contribution in [0.5, 0.6) is 0 Å². The van der Waals surface area contributed by atoms with Crippen molar-refractivity contribution in [3.8, 4) is 17.3 Å². The van der Waals surface area contributed by atoms with Crippen molar-refractivity contribution in [3.63, 3.8) is 0 Å². The van der Waals surface area contributed by atoms with Gasteiger partial charge in [0.05, 0.1) is 5.56 Å². The van der Waals surface area contributed by atoms with Gasteiger partial charge in [-0.1, -0.05) is 30.3 Å². The van der Waals surface area contributed by atoms with Crippen LogP contribution in [-0.2, 0) is 0 Å². The lowest BCUT2D eigenvalue weighted by Crippen LogP contribution is -2.34. The molecule has 0 spiro atoms. The molecule has 114 valence electrons. The number of nitrogens with zero attached hydrogens (tertiary/aromatic N) is 2. The highest BCUT2D eigenvalue weighted by molar-refractivity contribution is 5.69. The molecule has 3 rings (SSSR count). The number of hydrogen-bond acceptors (Lipinski definition) is 3. The molecule has 1 aliphatic rings. The molecule has 1 saturated heterocycles. The zero-order valence-electron chi connectivity index (χ0n) is 12.6. The molecule has 2 heterocycles. The minimum Gasteiger partial charge on any atom is -0.396 e. The normalized spacial score (nSPS) is 15.7. The first-order valence-corrected chi connectivity index (χ1v) is 7.86. The van der Waals surface area contributed by atoms with Gasteiger partial charge < -0.3 is 15.0 Å². The molecule has 1 aliphatic heterocycles. The van der Waals surface area contributed by atoms with Crippen molar-refractivity contribution in [1.82, 2.24) is 4.98 Å². The highest BCUT2D eigenvalue weighted by Crippen LogP contribution is 2.30. The average molecular weight is 295 g/mol. The van der Waals surface area contributed by atoms with Gasteiger partial charge in [0, 0.05) is 25.4 Å². The predicted octanol–water partition coefficient (Wildman–Crippen LogP) is 3.15. The van der Waals surface area contributed by atoms with Gasteiger partial charge in [-0.25, -0.2) is 0 Å². The maximum Gasteiger partial charge on any atom is 0.124 e. The van der Waals surface area contributed by atoms with Crippen LogP contribution in [0.1, 0.15) is 24.8 Å². The fraction of sp³-hybridized carbons (Fsp3) is 0.389. The molecule has 0 atom stereocenters. The van der Waals surface area contributed by atoms with E-state index in [-0.39, 0.29) is 6.61 Å². The molecule has 0 amide bonds. The quantitative estimate of drug-likeness (QED) is 0.910. The minimum absolute atomic E-state index is 0.273. The molecule has 4 heteroatoms. The molecule has 0 unspecified atom stereocenters. The Kier molecular flexibility index (Phi) is 4.45. The van der Waals surface area contributed by atoms with Gasteiger partial charge in [-0.15, -0.1) is 0 Å². The summed E-state index contributed by atoms with van der Waals surface area (Å²) in [5.41, 5.74) is 2.80. The van der Waals surface area contributed by atoms with Crippen LogP contribution in [0.25, 0.3) is 11.3 Å². The second kappa shape index (κ2) is 6.67. The van der Waals surface area contributed by atoms with Gasteiger partial charge in [0.1, 0.15) is 11.9 Å². The number of anilines is 1. The van der Waals surface area contributed by atoms with E-state index in [1.54, 1.807) is 0 Å². The summed E-state index contributed by atoms with van der Waals surface area (Å²) in [7, 11) is 0. The van der Waals surface area contributed by atoms with Crippen LogP contribution >= 0.6 is 0 Å². The van der Waals surface area contributed by atoms with Crippen LogP contribution in [0.3, 0.4) is 0 Å². The fourth-order valence-electron chi connectivity index (χ4n) is 3.18. The molecule has 1 fully saturated rings. The van der Waals surface area contributed by atoms with Crippen molar-refractivity contribution < 1.29 is 5.11 Å².